The summed E-state index contributed by atoms with van der Waals surface area (Å²) in [5.41, 5.74) is 3.66. The van der Waals surface area contributed by atoms with Crippen molar-refractivity contribution in [2.24, 2.45) is 0 Å². The second-order valence-corrected chi connectivity index (χ2v) is 9.42. The van der Waals surface area contributed by atoms with Crippen LogP contribution in [0.4, 0.5) is 0 Å². The van der Waals surface area contributed by atoms with E-state index >= 15 is 0 Å². The Kier molecular flexibility index (Phi) is 5.71. The number of nitrogens with zero attached hydrogens (tertiary/aromatic N) is 5. The molecule has 31 heavy (non-hydrogen) atoms. The summed E-state index contributed by atoms with van der Waals surface area (Å²) >= 11 is 0. The van der Waals surface area contributed by atoms with Crippen LogP contribution in [0.2, 0.25) is 0 Å². The topological polar surface area (TPSA) is 74.5 Å². The molecule has 0 spiro atoms. The Labute approximate surface area is 183 Å². The Balaban J connectivity index is 1.63. The molecule has 1 saturated heterocycles. The number of piperazine rings is 1. The monoisotopic (exact) mass is 421 g/mol. The number of rotatable bonds is 4. The van der Waals surface area contributed by atoms with Crippen LogP contribution in [0.1, 0.15) is 38.3 Å². The van der Waals surface area contributed by atoms with Gasteiger partial charge in [0.15, 0.2) is 0 Å². The van der Waals surface area contributed by atoms with Gasteiger partial charge >= 0.3 is 0 Å². The lowest BCUT2D eigenvalue weighted by molar-refractivity contribution is -0.132. The maximum Gasteiger partial charge on any atom is 0.222 e. The number of carbonyl (C=O) groups excluding carboxylic acids is 1. The van der Waals surface area contributed by atoms with Gasteiger partial charge in [0.05, 0.1) is 0 Å². The molecule has 1 amide bonds. The third-order valence-electron chi connectivity index (χ3n) is 5.94. The van der Waals surface area contributed by atoms with Crippen molar-refractivity contribution >= 4 is 16.9 Å². The highest BCUT2D eigenvalue weighted by Gasteiger charge is 2.24. The molecule has 7 heteroatoms. The lowest BCUT2D eigenvalue weighted by Gasteiger charge is -2.32. The van der Waals surface area contributed by atoms with Crippen LogP contribution in [0.15, 0.2) is 36.4 Å². The molecule has 0 radical (unpaired) electrons. The number of phenols is 1. The number of fused-ring (bicyclic) bond motifs is 1. The molecule has 0 saturated carbocycles. The summed E-state index contributed by atoms with van der Waals surface area (Å²) in [6.45, 7) is 9.61. The number of hydrogen-bond donors (Lipinski definition) is 1. The molecule has 2 heterocycles. The summed E-state index contributed by atoms with van der Waals surface area (Å²) in [7, 11) is 2.08. The van der Waals surface area contributed by atoms with Gasteiger partial charge in [0.2, 0.25) is 5.91 Å². The van der Waals surface area contributed by atoms with Crippen molar-refractivity contribution in [3.05, 3.63) is 47.5 Å². The standard InChI is InChI=1S/C24H31N5O2/c1-24(2,3)18-15-17(9-10-22(30)28-13-11-27(4)12-14-28)16-21(23(18)31)29-25-19-7-5-6-8-20(19)26-29/h5-8,15-16,31H,9-14H2,1-4H3. The molecule has 0 unspecified atom stereocenters. The van der Waals surface area contributed by atoms with Gasteiger partial charge in [-0.05, 0) is 42.6 Å². The Morgan fingerprint density at radius 2 is 1.65 bits per heavy atom. The van der Waals surface area contributed by atoms with Crippen LogP contribution in [0.5, 0.6) is 5.75 Å². The maximum atomic E-state index is 12.7. The number of benzene rings is 2. The molecule has 1 aliphatic heterocycles. The summed E-state index contributed by atoms with van der Waals surface area (Å²) in [6, 6.07) is 11.6. The maximum absolute atomic E-state index is 12.7. The second-order valence-electron chi connectivity index (χ2n) is 9.42. The van der Waals surface area contributed by atoms with E-state index in [2.05, 4.69) is 42.9 Å². The number of phenolic OH excluding ortho intramolecular Hbond substituents is 1. The molecule has 4 rings (SSSR count). The van der Waals surface area contributed by atoms with Crippen molar-refractivity contribution in [2.75, 3.05) is 33.2 Å². The average Bonchev–Trinajstić information content (AvgIpc) is 3.16. The Hall–Kier alpha value is -2.93. The van der Waals surface area contributed by atoms with Crippen molar-refractivity contribution in [3.63, 3.8) is 0 Å². The number of amides is 1. The smallest absolute Gasteiger partial charge is 0.222 e. The van der Waals surface area contributed by atoms with Crippen molar-refractivity contribution in [3.8, 4) is 11.4 Å². The molecule has 1 aliphatic rings. The molecule has 0 bridgehead atoms. The fourth-order valence-corrected chi connectivity index (χ4v) is 3.98. The van der Waals surface area contributed by atoms with E-state index in [1.807, 2.05) is 41.3 Å². The summed E-state index contributed by atoms with van der Waals surface area (Å²) < 4.78 is 0. The SMILES string of the molecule is CN1CCN(C(=O)CCc2cc(-n3nc4ccccc4n3)c(O)c(C(C)(C)C)c2)CC1. The van der Waals surface area contributed by atoms with Gasteiger partial charge in [-0.1, -0.05) is 39.0 Å². The minimum atomic E-state index is -0.261. The van der Waals surface area contributed by atoms with Crippen molar-refractivity contribution < 1.29 is 9.90 Å². The molecule has 3 aromatic rings. The largest absolute Gasteiger partial charge is 0.505 e. The van der Waals surface area contributed by atoms with Crippen LogP contribution in [-0.4, -0.2) is 69.0 Å². The van der Waals surface area contributed by atoms with Crippen LogP contribution in [0.25, 0.3) is 16.7 Å². The molecule has 1 N–H and O–H groups in total. The van der Waals surface area contributed by atoms with E-state index < -0.39 is 0 Å². The minimum absolute atomic E-state index is 0.182. The summed E-state index contributed by atoms with van der Waals surface area (Å²) in [6.07, 6.45) is 1.06. The summed E-state index contributed by atoms with van der Waals surface area (Å²) in [4.78, 5) is 18.4. The van der Waals surface area contributed by atoms with Gasteiger partial charge in [-0.3, -0.25) is 4.79 Å². The van der Waals surface area contributed by atoms with Crippen molar-refractivity contribution in [1.29, 1.82) is 0 Å². The highest BCUT2D eigenvalue weighted by molar-refractivity contribution is 5.77. The number of hydrogen-bond acceptors (Lipinski definition) is 5. The van der Waals surface area contributed by atoms with E-state index in [0.29, 0.717) is 18.5 Å². The number of aryl methyl sites for hydroxylation is 1. The van der Waals surface area contributed by atoms with Crippen LogP contribution < -0.4 is 0 Å². The van der Waals surface area contributed by atoms with Crippen LogP contribution in [-0.2, 0) is 16.6 Å². The first kappa shape index (κ1) is 21.3. The zero-order chi connectivity index (χ0) is 22.2. The second kappa shape index (κ2) is 8.30. The van der Waals surface area contributed by atoms with E-state index in [-0.39, 0.29) is 17.1 Å². The lowest BCUT2D eigenvalue weighted by Crippen LogP contribution is -2.47. The van der Waals surface area contributed by atoms with Crippen LogP contribution in [0.3, 0.4) is 0 Å². The number of aromatic hydroxyl groups is 1. The molecule has 0 atom stereocenters. The third-order valence-corrected chi connectivity index (χ3v) is 5.94. The molecule has 0 aliphatic carbocycles. The van der Waals surface area contributed by atoms with Gasteiger partial charge in [0.25, 0.3) is 0 Å². The Morgan fingerprint density at radius 1 is 1.03 bits per heavy atom. The first-order valence-corrected chi connectivity index (χ1v) is 10.9. The summed E-state index contributed by atoms with van der Waals surface area (Å²) in [5.74, 6) is 0.366. The summed E-state index contributed by atoms with van der Waals surface area (Å²) in [5, 5.41) is 20.2. The predicted molar refractivity (Wildman–Crippen MR) is 122 cm³/mol. The zero-order valence-corrected chi connectivity index (χ0v) is 18.8. The van der Waals surface area contributed by atoms with E-state index in [4.69, 9.17) is 0 Å². The van der Waals surface area contributed by atoms with Crippen LogP contribution >= 0.6 is 0 Å². The van der Waals surface area contributed by atoms with E-state index in [0.717, 1.165) is 48.3 Å². The molecular weight excluding hydrogens is 390 g/mol. The normalized spacial score (nSPS) is 15.5. The van der Waals surface area contributed by atoms with Gasteiger partial charge in [0.1, 0.15) is 22.5 Å². The van der Waals surface area contributed by atoms with Crippen molar-refractivity contribution in [1.82, 2.24) is 24.8 Å². The van der Waals surface area contributed by atoms with Crippen LogP contribution in [0, 0.1) is 0 Å². The number of carbonyl (C=O) groups is 1. The molecular formula is C24H31N5O2. The molecule has 164 valence electrons. The fourth-order valence-electron chi connectivity index (χ4n) is 3.98. The average molecular weight is 422 g/mol. The fraction of sp³-hybridized carbons (Fsp3) is 0.458. The van der Waals surface area contributed by atoms with E-state index in [9.17, 15) is 9.90 Å². The highest BCUT2D eigenvalue weighted by atomic mass is 16.3. The van der Waals surface area contributed by atoms with Gasteiger partial charge < -0.3 is 14.9 Å². The first-order chi connectivity index (χ1) is 14.7. The lowest BCUT2D eigenvalue weighted by atomic mass is 9.84. The van der Waals surface area contributed by atoms with Gasteiger partial charge in [-0.2, -0.15) is 0 Å². The molecule has 7 nitrogen and oxygen atoms in total. The van der Waals surface area contributed by atoms with Gasteiger partial charge in [-0.15, -0.1) is 15.0 Å². The Bertz CT molecular complexity index is 1060. The first-order valence-electron chi connectivity index (χ1n) is 10.9. The predicted octanol–water partition coefficient (Wildman–Crippen LogP) is 3.13. The number of likely N-dealkylation sites (N-methyl/N-ethyl adjacent to an activating group) is 1. The van der Waals surface area contributed by atoms with Crippen molar-refractivity contribution in [2.45, 2.75) is 39.0 Å². The minimum Gasteiger partial charge on any atom is -0.505 e. The molecule has 1 fully saturated rings. The zero-order valence-electron chi connectivity index (χ0n) is 18.8. The van der Waals surface area contributed by atoms with E-state index in [1.54, 1.807) is 0 Å². The third kappa shape index (κ3) is 4.56. The quantitative estimate of drug-likeness (QED) is 0.701. The highest BCUT2D eigenvalue weighted by Crippen LogP contribution is 2.36. The van der Waals surface area contributed by atoms with E-state index in [1.165, 1.54) is 4.80 Å². The molecule has 1 aromatic heterocycles. The molecule has 2 aromatic carbocycles. The van der Waals surface area contributed by atoms with Gasteiger partial charge in [-0.25, -0.2) is 0 Å². The Morgan fingerprint density at radius 3 is 2.23 bits per heavy atom. The van der Waals surface area contributed by atoms with Gasteiger partial charge in [0, 0.05) is 38.2 Å². The number of aromatic nitrogens is 3.